The van der Waals surface area contributed by atoms with Crippen LogP contribution in [0.4, 0.5) is 0 Å². The normalized spacial score (nSPS) is 14.2. The van der Waals surface area contributed by atoms with E-state index in [1.165, 1.54) is 27.6 Å². The molecule has 144 valence electrons. The van der Waals surface area contributed by atoms with Crippen LogP contribution in [0.15, 0.2) is 79.3 Å². The number of benzene rings is 2. The number of H-pyrrole nitrogens is 1. The lowest BCUT2D eigenvalue weighted by molar-refractivity contribution is 0.0773. The van der Waals surface area contributed by atoms with Crippen LogP contribution in [-0.2, 0) is 0 Å². The molecule has 1 aliphatic heterocycles. The highest BCUT2D eigenvalue weighted by Crippen LogP contribution is 2.30. The van der Waals surface area contributed by atoms with Crippen LogP contribution in [0, 0.1) is 6.92 Å². The molecule has 0 bridgehead atoms. The molecule has 0 fully saturated rings. The predicted octanol–water partition coefficient (Wildman–Crippen LogP) is 5.20. The Morgan fingerprint density at radius 3 is 2.52 bits per heavy atom. The van der Waals surface area contributed by atoms with E-state index in [1.807, 2.05) is 58.3 Å². The quantitative estimate of drug-likeness (QED) is 0.521. The Balaban J connectivity index is 1.33. The monoisotopic (exact) mass is 381 g/mol. The summed E-state index contributed by atoms with van der Waals surface area (Å²) < 4.78 is 2.03. The first kappa shape index (κ1) is 17.6. The number of fused-ring (bicyclic) bond motifs is 1. The number of aryl methyl sites for hydroxylation is 1. The van der Waals surface area contributed by atoms with Gasteiger partial charge in [-0.05, 0) is 60.9 Å². The fourth-order valence-corrected chi connectivity index (χ4v) is 4.14. The predicted molar refractivity (Wildman–Crippen MR) is 117 cm³/mol. The summed E-state index contributed by atoms with van der Waals surface area (Å²) in [5.41, 5.74) is 6.82. The summed E-state index contributed by atoms with van der Waals surface area (Å²) in [4.78, 5) is 18.3. The van der Waals surface area contributed by atoms with Gasteiger partial charge in [-0.1, -0.05) is 24.3 Å². The first-order valence-corrected chi connectivity index (χ1v) is 9.99. The molecule has 4 heteroatoms. The number of hydrogen-bond acceptors (Lipinski definition) is 1. The number of aromatic amines is 1. The number of carbonyl (C=O) groups excluding carboxylic acids is 1. The van der Waals surface area contributed by atoms with Crippen LogP contribution < -0.4 is 0 Å². The van der Waals surface area contributed by atoms with Gasteiger partial charge in [0.1, 0.15) is 0 Å². The molecule has 2 aromatic carbocycles. The number of nitrogens with zero attached hydrogens (tertiary/aromatic N) is 2. The van der Waals surface area contributed by atoms with Crippen molar-refractivity contribution in [1.29, 1.82) is 0 Å². The summed E-state index contributed by atoms with van der Waals surface area (Å²) in [5, 5.41) is 1.26. The number of hydrogen-bond donors (Lipinski definition) is 1. The summed E-state index contributed by atoms with van der Waals surface area (Å²) in [5.74, 6) is 0.0918. The SMILES string of the molecule is Cc1cccc2c(C3=CCN(C(=O)c4ccc(-n5cccc5)cc4)CC3)c[nH]c12. The zero-order valence-corrected chi connectivity index (χ0v) is 16.4. The third kappa shape index (κ3) is 3.17. The summed E-state index contributed by atoms with van der Waals surface area (Å²) in [6.45, 7) is 3.51. The molecule has 0 spiro atoms. The Bertz CT molecular complexity index is 1200. The molecule has 2 aromatic heterocycles. The molecule has 0 saturated heterocycles. The van der Waals surface area contributed by atoms with E-state index >= 15 is 0 Å². The van der Waals surface area contributed by atoms with Gasteiger partial charge in [0.25, 0.3) is 5.91 Å². The van der Waals surface area contributed by atoms with E-state index in [9.17, 15) is 4.79 Å². The van der Waals surface area contributed by atoms with Gasteiger partial charge in [0, 0.05) is 59.4 Å². The van der Waals surface area contributed by atoms with E-state index in [-0.39, 0.29) is 5.91 Å². The van der Waals surface area contributed by atoms with Crippen molar-refractivity contribution >= 4 is 22.4 Å². The fraction of sp³-hybridized carbons (Fsp3) is 0.160. The van der Waals surface area contributed by atoms with E-state index in [0.717, 1.165) is 24.2 Å². The van der Waals surface area contributed by atoms with Crippen molar-refractivity contribution in [2.24, 2.45) is 0 Å². The second-order valence-electron chi connectivity index (χ2n) is 7.57. The van der Waals surface area contributed by atoms with E-state index in [2.05, 4.69) is 42.4 Å². The highest BCUT2D eigenvalue weighted by molar-refractivity contribution is 5.97. The first-order chi connectivity index (χ1) is 14.2. The maximum Gasteiger partial charge on any atom is 0.254 e. The summed E-state index contributed by atoms with van der Waals surface area (Å²) >= 11 is 0. The topological polar surface area (TPSA) is 41.0 Å². The minimum absolute atomic E-state index is 0.0918. The Hall–Kier alpha value is -3.53. The zero-order valence-electron chi connectivity index (χ0n) is 16.4. The number of aromatic nitrogens is 2. The summed E-state index contributed by atoms with van der Waals surface area (Å²) in [6, 6.07) is 18.2. The molecule has 0 radical (unpaired) electrons. The lowest BCUT2D eigenvalue weighted by Gasteiger charge is -2.26. The smallest absolute Gasteiger partial charge is 0.254 e. The fourth-order valence-electron chi connectivity index (χ4n) is 4.14. The Morgan fingerprint density at radius 2 is 1.79 bits per heavy atom. The van der Waals surface area contributed by atoms with Crippen molar-refractivity contribution < 1.29 is 4.79 Å². The largest absolute Gasteiger partial charge is 0.360 e. The molecule has 0 aliphatic carbocycles. The average molecular weight is 381 g/mol. The minimum atomic E-state index is 0.0918. The molecule has 1 amide bonds. The minimum Gasteiger partial charge on any atom is -0.360 e. The highest BCUT2D eigenvalue weighted by Gasteiger charge is 2.20. The molecular weight excluding hydrogens is 358 g/mol. The Labute approximate surface area is 170 Å². The van der Waals surface area contributed by atoms with Gasteiger partial charge in [0.05, 0.1) is 0 Å². The zero-order chi connectivity index (χ0) is 19.8. The van der Waals surface area contributed by atoms with Gasteiger partial charge < -0.3 is 14.5 Å². The lowest BCUT2D eigenvalue weighted by Crippen LogP contribution is -2.34. The highest BCUT2D eigenvalue weighted by atomic mass is 16.2. The van der Waals surface area contributed by atoms with Gasteiger partial charge in [-0.2, -0.15) is 0 Å². The number of para-hydroxylation sites is 1. The number of carbonyl (C=O) groups is 1. The molecule has 0 saturated carbocycles. The Kier molecular flexibility index (Phi) is 4.32. The molecule has 4 aromatic rings. The first-order valence-electron chi connectivity index (χ1n) is 9.99. The third-order valence-electron chi connectivity index (χ3n) is 5.78. The molecule has 3 heterocycles. The van der Waals surface area contributed by atoms with Crippen molar-refractivity contribution in [3.8, 4) is 5.69 Å². The molecule has 0 atom stereocenters. The average Bonchev–Trinajstić information content (AvgIpc) is 3.45. The second kappa shape index (κ2) is 7.13. The summed E-state index contributed by atoms with van der Waals surface area (Å²) in [6.07, 6.45) is 9.16. The van der Waals surface area contributed by atoms with Crippen molar-refractivity contribution in [2.75, 3.05) is 13.1 Å². The maximum absolute atomic E-state index is 12.9. The van der Waals surface area contributed by atoms with Crippen molar-refractivity contribution in [3.63, 3.8) is 0 Å². The van der Waals surface area contributed by atoms with Gasteiger partial charge in [-0.15, -0.1) is 0 Å². The maximum atomic E-state index is 12.9. The van der Waals surface area contributed by atoms with E-state index < -0.39 is 0 Å². The van der Waals surface area contributed by atoms with Crippen LogP contribution in [0.2, 0.25) is 0 Å². The number of nitrogens with one attached hydrogen (secondary N) is 1. The van der Waals surface area contributed by atoms with E-state index in [0.29, 0.717) is 6.54 Å². The Morgan fingerprint density at radius 1 is 1.00 bits per heavy atom. The molecule has 4 nitrogen and oxygen atoms in total. The molecule has 1 N–H and O–H groups in total. The van der Waals surface area contributed by atoms with Crippen LogP contribution in [0.25, 0.3) is 22.2 Å². The molecule has 29 heavy (non-hydrogen) atoms. The standard InChI is InChI=1S/C25H23N3O/c1-18-5-4-6-22-23(17-26-24(18)22)19-11-15-28(16-12-19)25(29)20-7-9-21(10-8-20)27-13-2-3-14-27/h2-11,13-14,17,26H,12,15-16H2,1H3. The van der Waals surface area contributed by atoms with Crippen LogP contribution in [-0.4, -0.2) is 33.4 Å². The number of amides is 1. The van der Waals surface area contributed by atoms with E-state index in [4.69, 9.17) is 0 Å². The van der Waals surface area contributed by atoms with Crippen LogP contribution in [0.3, 0.4) is 0 Å². The van der Waals surface area contributed by atoms with Crippen LogP contribution in [0.1, 0.15) is 27.9 Å². The third-order valence-corrected chi connectivity index (χ3v) is 5.78. The summed E-state index contributed by atoms with van der Waals surface area (Å²) in [7, 11) is 0. The van der Waals surface area contributed by atoms with Gasteiger partial charge in [0.2, 0.25) is 0 Å². The van der Waals surface area contributed by atoms with Gasteiger partial charge in [0.15, 0.2) is 0 Å². The molecule has 1 aliphatic rings. The molecular formula is C25H23N3O. The van der Waals surface area contributed by atoms with E-state index in [1.54, 1.807) is 0 Å². The second-order valence-corrected chi connectivity index (χ2v) is 7.57. The van der Waals surface area contributed by atoms with Gasteiger partial charge >= 0.3 is 0 Å². The lowest BCUT2D eigenvalue weighted by atomic mass is 9.98. The van der Waals surface area contributed by atoms with Crippen molar-refractivity contribution in [2.45, 2.75) is 13.3 Å². The van der Waals surface area contributed by atoms with Gasteiger partial charge in [-0.3, -0.25) is 4.79 Å². The van der Waals surface area contributed by atoms with Gasteiger partial charge in [-0.25, -0.2) is 0 Å². The number of rotatable bonds is 3. The van der Waals surface area contributed by atoms with Crippen molar-refractivity contribution in [3.05, 3.63) is 96.0 Å². The van der Waals surface area contributed by atoms with Crippen molar-refractivity contribution in [1.82, 2.24) is 14.5 Å². The molecule has 0 unspecified atom stereocenters. The van der Waals surface area contributed by atoms with Crippen LogP contribution >= 0.6 is 0 Å². The van der Waals surface area contributed by atoms with Crippen LogP contribution in [0.5, 0.6) is 0 Å². The molecule has 5 rings (SSSR count).